The van der Waals surface area contributed by atoms with Gasteiger partial charge in [0.25, 0.3) is 5.91 Å². The second-order valence-corrected chi connectivity index (χ2v) is 9.76. The van der Waals surface area contributed by atoms with E-state index in [1.165, 1.54) is 0 Å². The van der Waals surface area contributed by atoms with Gasteiger partial charge in [0.05, 0.1) is 24.6 Å². The highest BCUT2D eigenvalue weighted by Crippen LogP contribution is 2.24. The van der Waals surface area contributed by atoms with Gasteiger partial charge in [0, 0.05) is 16.3 Å². The number of nitrogens with one attached hydrogen (secondary N) is 1. The summed E-state index contributed by atoms with van der Waals surface area (Å²) in [6.45, 7) is 0.975. The van der Waals surface area contributed by atoms with Gasteiger partial charge >= 0.3 is 0 Å². The Morgan fingerprint density at radius 3 is 2.41 bits per heavy atom. The molecule has 1 saturated heterocycles. The Balaban J connectivity index is 1.73. The number of nitrogens with zero attached hydrogens (tertiary/aromatic N) is 1. The van der Waals surface area contributed by atoms with Crippen LogP contribution in [-0.4, -0.2) is 45.5 Å². The SMILES string of the molecule is C[NH+](CC(=O)N(c1ccccc1)[C@H]1CCS(=O)(=O)C1)Cc1ccc(Cl)cc1. The average Bonchev–Trinajstić information content (AvgIpc) is 2.97. The molecule has 1 fully saturated rings. The lowest BCUT2D eigenvalue weighted by Gasteiger charge is -2.29. The Hall–Kier alpha value is -1.89. The first-order valence-corrected chi connectivity index (χ1v) is 11.2. The Morgan fingerprint density at radius 2 is 1.81 bits per heavy atom. The number of quaternary nitrogens is 1. The van der Waals surface area contributed by atoms with Crippen molar-refractivity contribution in [3.05, 3.63) is 65.2 Å². The summed E-state index contributed by atoms with van der Waals surface area (Å²) in [5.74, 6) is 0.112. The highest BCUT2D eigenvalue weighted by molar-refractivity contribution is 7.91. The second kappa shape index (κ2) is 8.42. The van der Waals surface area contributed by atoms with Gasteiger partial charge < -0.3 is 9.80 Å². The molecule has 1 heterocycles. The van der Waals surface area contributed by atoms with Gasteiger partial charge in [0.1, 0.15) is 6.54 Å². The normalized spacial score (nSPS) is 19.6. The molecule has 0 aromatic heterocycles. The molecule has 1 aliphatic rings. The molecule has 2 atom stereocenters. The molecule has 7 heteroatoms. The minimum Gasteiger partial charge on any atom is -0.326 e. The molecule has 5 nitrogen and oxygen atoms in total. The van der Waals surface area contributed by atoms with E-state index < -0.39 is 9.84 Å². The zero-order valence-corrected chi connectivity index (χ0v) is 16.8. The van der Waals surface area contributed by atoms with Gasteiger partial charge in [-0.05, 0) is 30.7 Å². The maximum Gasteiger partial charge on any atom is 0.282 e. The number of carbonyl (C=O) groups is 1. The van der Waals surface area contributed by atoms with Crippen molar-refractivity contribution in [1.29, 1.82) is 0 Å². The fraction of sp³-hybridized carbons (Fsp3) is 0.350. The topological polar surface area (TPSA) is 58.9 Å². The lowest BCUT2D eigenvalue weighted by molar-refractivity contribution is -0.885. The number of halogens is 1. The molecule has 0 bridgehead atoms. The van der Waals surface area contributed by atoms with E-state index in [1.54, 1.807) is 4.90 Å². The van der Waals surface area contributed by atoms with Crippen molar-refractivity contribution in [2.24, 2.45) is 0 Å². The van der Waals surface area contributed by atoms with Crippen molar-refractivity contribution in [1.82, 2.24) is 0 Å². The van der Waals surface area contributed by atoms with E-state index in [0.717, 1.165) is 16.2 Å². The van der Waals surface area contributed by atoms with Crippen LogP contribution in [0.2, 0.25) is 5.02 Å². The lowest BCUT2D eigenvalue weighted by atomic mass is 10.1. The van der Waals surface area contributed by atoms with E-state index >= 15 is 0 Å². The van der Waals surface area contributed by atoms with Crippen molar-refractivity contribution in [3.8, 4) is 0 Å². The third kappa shape index (κ3) is 5.31. The summed E-state index contributed by atoms with van der Waals surface area (Å²) in [7, 11) is -1.12. The summed E-state index contributed by atoms with van der Waals surface area (Å²) >= 11 is 5.92. The third-order valence-corrected chi connectivity index (χ3v) is 6.75. The molecule has 1 unspecified atom stereocenters. The van der Waals surface area contributed by atoms with E-state index in [9.17, 15) is 13.2 Å². The summed E-state index contributed by atoms with van der Waals surface area (Å²) < 4.78 is 23.9. The highest BCUT2D eigenvalue weighted by atomic mass is 35.5. The van der Waals surface area contributed by atoms with Crippen molar-refractivity contribution in [2.75, 3.05) is 30.0 Å². The second-order valence-electron chi connectivity index (χ2n) is 7.09. The maximum atomic E-state index is 13.1. The third-order valence-electron chi connectivity index (χ3n) is 4.75. The van der Waals surface area contributed by atoms with E-state index in [0.29, 0.717) is 18.0 Å². The maximum absolute atomic E-state index is 13.1. The van der Waals surface area contributed by atoms with Crippen LogP contribution in [0.4, 0.5) is 5.69 Å². The standard InChI is InChI=1S/C20H23ClN2O3S/c1-22(13-16-7-9-17(21)10-8-16)14-20(24)23(18-5-3-2-4-6-18)19-11-12-27(25,26)15-19/h2-10,19H,11-15H2,1H3/p+1/t19-/m0/s1. The zero-order chi connectivity index (χ0) is 19.4. The van der Waals surface area contributed by atoms with Gasteiger partial charge in [-0.2, -0.15) is 0 Å². The summed E-state index contributed by atoms with van der Waals surface area (Å²) in [4.78, 5) is 15.8. The number of para-hydroxylation sites is 1. The van der Waals surface area contributed by atoms with Gasteiger partial charge in [-0.1, -0.05) is 41.9 Å². The highest BCUT2D eigenvalue weighted by Gasteiger charge is 2.36. The van der Waals surface area contributed by atoms with Gasteiger partial charge in [0.15, 0.2) is 16.4 Å². The van der Waals surface area contributed by atoms with Crippen LogP contribution in [0.5, 0.6) is 0 Å². The molecule has 0 saturated carbocycles. The van der Waals surface area contributed by atoms with Crippen molar-refractivity contribution in [3.63, 3.8) is 0 Å². The fourth-order valence-electron chi connectivity index (χ4n) is 3.48. The molecule has 3 rings (SSSR count). The smallest absolute Gasteiger partial charge is 0.282 e. The number of hydrogen-bond acceptors (Lipinski definition) is 3. The van der Waals surface area contributed by atoms with Crippen LogP contribution in [0.25, 0.3) is 0 Å². The van der Waals surface area contributed by atoms with Crippen molar-refractivity contribution < 1.29 is 18.1 Å². The predicted octanol–water partition coefficient (Wildman–Crippen LogP) is 1.58. The quantitative estimate of drug-likeness (QED) is 0.790. The first-order valence-electron chi connectivity index (χ1n) is 8.97. The van der Waals surface area contributed by atoms with Crippen LogP contribution in [0, 0.1) is 0 Å². The zero-order valence-electron chi connectivity index (χ0n) is 15.3. The predicted molar refractivity (Wildman–Crippen MR) is 108 cm³/mol. The van der Waals surface area contributed by atoms with Crippen molar-refractivity contribution >= 4 is 33.0 Å². The molecular weight excluding hydrogens is 384 g/mol. The molecule has 27 heavy (non-hydrogen) atoms. The van der Waals surface area contributed by atoms with Crippen LogP contribution in [-0.2, 0) is 21.2 Å². The average molecular weight is 408 g/mol. The van der Waals surface area contributed by atoms with Gasteiger partial charge in [-0.3, -0.25) is 4.79 Å². The molecule has 1 amide bonds. The number of benzene rings is 2. The van der Waals surface area contributed by atoms with Crippen molar-refractivity contribution in [2.45, 2.75) is 19.0 Å². The van der Waals surface area contributed by atoms with Gasteiger partial charge in [0.2, 0.25) is 0 Å². The molecule has 0 aliphatic carbocycles. The van der Waals surface area contributed by atoms with Crippen LogP contribution in [0.3, 0.4) is 0 Å². The molecule has 1 N–H and O–H groups in total. The Labute approximate surface area is 165 Å². The number of sulfone groups is 1. The summed E-state index contributed by atoms with van der Waals surface area (Å²) in [6, 6.07) is 16.6. The summed E-state index contributed by atoms with van der Waals surface area (Å²) in [5, 5.41) is 0.685. The van der Waals surface area contributed by atoms with E-state index in [4.69, 9.17) is 11.6 Å². The first-order chi connectivity index (χ1) is 12.8. The molecule has 0 radical (unpaired) electrons. The van der Waals surface area contributed by atoms with E-state index in [-0.39, 0.29) is 30.0 Å². The minimum atomic E-state index is -3.08. The number of likely N-dealkylation sites (N-methyl/N-ethyl adjacent to an activating group) is 1. The Kier molecular flexibility index (Phi) is 6.19. The number of carbonyl (C=O) groups excluding carboxylic acids is 1. The minimum absolute atomic E-state index is 0.0316. The van der Waals surface area contributed by atoms with Crippen LogP contribution in [0.15, 0.2) is 54.6 Å². The van der Waals surface area contributed by atoms with Crippen LogP contribution >= 0.6 is 11.6 Å². The van der Waals surface area contributed by atoms with Gasteiger partial charge in [-0.25, -0.2) is 8.42 Å². The summed E-state index contributed by atoms with van der Waals surface area (Å²) in [6.07, 6.45) is 0.485. The Morgan fingerprint density at radius 1 is 1.15 bits per heavy atom. The van der Waals surface area contributed by atoms with Crippen LogP contribution in [0.1, 0.15) is 12.0 Å². The summed E-state index contributed by atoms with van der Waals surface area (Å²) in [5.41, 5.74) is 1.85. The van der Waals surface area contributed by atoms with E-state index in [2.05, 4.69) is 0 Å². The van der Waals surface area contributed by atoms with Crippen LogP contribution < -0.4 is 9.80 Å². The lowest BCUT2D eigenvalue weighted by Crippen LogP contribution is -3.09. The molecular formula is C20H24ClN2O3S+. The number of anilines is 1. The largest absolute Gasteiger partial charge is 0.326 e. The molecule has 144 valence electrons. The number of hydrogen-bond donors (Lipinski definition) is 1. The molecule has 2 aromatic carbocycles. The molecule has 0 spiro atoms. The molecule has 1 aliphatic heterocycles. The Bertz CT molecular complexity index is 885. The molecule has 2 aromatic rings. The fourth-order valence-corrected chi connectivity index (χ4v) is 5.31. The monoisotopic (exact) mass is 407 g/mol. The first kappa shape index (κ1) is 19.9. The number of amides is 1. The number of rotatable bonds is 6. The van der Waals surface area contributed by atoms with E-state index in [1.807, 2.05) is 61.6 Å². The van der Waals surface area contributed by atoms with Gasteiger partial charge in [-0.15, -0.1) is 0 Å².